The standard InChI is InChI=1S/C18H24N2O3S/c1-12-20-15-5-3-4-14(18(15)24-12)19-11-13-6-7-16(23-9-8-21)17(10-13)22-2/h6-7,10,14,19,21H,3-5,8-9,11H2,1-2H3. The van der Waals surface area contributed by atoms with E-state index in [1.54, 1.807) is 7.11 Å². The normalized spacial score (nSPS) is 16.7. The van der Waals surface area contributed by atoms with Crippen molar-refractivity contribution in [2.24, 2.45) is 0 Å². The molecule has 0 saturated heterocycles. The number of rotatable bonds is 7. The van der Waals surface area contributed by atoms with Gasteiger partial charge in [0, 0.05) is 17.5 Å². The van der Waals surface area contributed by atoms with Crippen LogP contribution in [0.2, 0.25) is 0 Å². The minimum Gasteiger partial charge on any atom is -0.493 e. The molecule has 1 aliphatic carbocycles. The highest BCUT2D eigenvalue weighted by molar-refractivity contribution is 7.11. The topological polar surface area (TPSA) is 63.6 Å². The van der Waals surface area contributed by atoms with Crippen molar-refractivity contribution in [3.05, 3.63) is 39.3 Å². The predicted octanol–water partition coefficient (Wildman–Crippen LogP) is 3.00. The molecule has 130 valence electrons. The molecular weight excluding hydrogens is 324 g/mol. The third-order valence-electron chi connectivity index (χ3n) is 4.19. The molecule has 0 bridgehead atoms. The molecule has 0 fully saturated rings. The van der Waals surface area contributed by atoms with Crippen molar-refractivity contribution in [1.29, 1.82) is 0 Å². The van der Waals surface area contributed by atoms with Crippen molar-refractivity contribution in [2.75, 3.05) is 20.3 Å². The van der Waals surface area contributed by atoms with Gasteiger partial charge in [-0.2, -0.15) is 0 Å². The number of thiazole rings is 1. The van der Waals surface area contributed by atoms with Gasteiger partial charge in [-0.15, -0.1) is 11.3 Å². The summed E-state index contributed by atoms with van der Waals surface area (Å²) in [4.78, 5) is 6.04. The van der Waals surface area contributed by atoms with Crippen LogP contribution in [-0.4, -0.2) is 30.4 Å². The third kappa shape index (κ3) is 3.88. The number of hydrogen-bond acceptors (Lipinski definition) is 6. The third-order valence-corrected chi connectivity index (χ3v) is 5.31. The molecule has 1 heterocycles. The van der Waals surface area contributed by atoms with E-state index in [1.165, 1.54) is 17.0 Å². The van der Waals surface area contributed by atoms with E-state index in [4.69, 9.17) is 14.6 Å². The molecule has 3 rings (SSSR count). The first-order valence-electron chi connectivity index (χ1n) is 8.31. The van der Waals surface area contributed by atoms with Crippen LogP contribution >= 0.6 is 11.3 Å². The minimum absolute atomic E-state index is 0.00919. The van der Waals surface area contributed by atoms with Crippen LogP contribution in [0.25, 0.3) is 0 Å². The monoisotopic (exact) mass is 348 g/mol. The number of methoxy groups -OCH3 is 1. The van der Waals surface area contributed by atoms with E-state index in [9.17, 15) is 0 Å². The average molecular weight is 348 g/mol. The van der Waals surface area contributed by atoms with Crippen molar-refractivity contribution in [3.8, 4) is 11.5 Å². The molecule has 1 atom stereocenters. The zero-order valence-electron chi connectivity index (χ0n) is 14.2. The van der Waals surface area contributed by atoms with E-state index in [-0.39, 0.29) is 13.2 Å². The van der Waals surface area contributed by atoms with Crippen molar-refractivity contribution in [2.45, 2.75) is 38.8 Å². The van der Waals surface area contributed by atoms with E-state index in [0.29, 0.717) is 17.5 Å². The van der Waals surface area contributed by atoms with Gasteiger partial charge in [0.15, 0.2) is 11.5 Å². The first kappa shape index (κ1) is 17.2. The Morgan fingerprint density at radius 3 is 3.04 bits per heavy atom. The smallest absolute Gasteiger partial charge is 0.161 e. The van der Waals surface area contributed by atoms with Gasteiger partial charge in [0.25, 0.3) is 0 Å². The van der Waals surface area contributed by atoms with Gasteiger partial charge in [0.05, 0.1) is 24.4 Å². The first-order valence-corrected chi connectivity index (χ1v) is 9.13. The summed E-state index contributed by atoms with van der Waals surface area (Å²) in [7, 11) is 1.63. The minimum atomic E-state index is -0.00919. The zero-order valence-corrected chi connectivity index (χ0v) is 15.0. The van der Waals surface area contributed by atoms with E-state index in [2.05, 4.69) is 17.2 Å². The summed E-state index contributed by atoms with van der Waals surface area (Å²) in [5.41, 5.74) is 2.42. The molecule has 0 aliphatic heterocycles. The molecule has 2 N–H and O–H groups in total. The Kier molecular flexibility index (Phi) is 5.71. The Morgan fingerprint density at radius 1 is 1.38 bits per heavy atom. The number of hydrogen-bond donors (Lipinski definition) is 2. The predicted molar refractivity (Wildman–Crippen MR) is 94.9 cm³/mol. The van der Waals surface area contributed by atoms with Crippen LogP contribution < -0.4 is 14.8 Å². The molecule has 24 heavy (non-hydrogen) atoms. The Labute approximate surface area is 146 Å². The second-order valence-electron chi connectivity index (χ2n) is 5.93. The maximum Gasteiger partial charge on any atom is 0.161 e. The number of aliphatic hydroxyl groups is 1. The van der Waals surface area contributed by atoms with Gasteiger partial charge < -0.3 is 19.9 Å². The van der Waals surface area contributed by atoms with Crippen LogP contribution in [0, 0.1) is 6.92 Å². The number of aliphatic hydroxyl groups excluding tert-OH is 1. The van der Waals surface area contributed by atoms with E-state index >= 15 is 0 Å². The van der Waals surface area contributed by atoms with E-state index in [0.717, 1.165) is 30.0 Å². The lowest BCUT2D eigenvalue weighted by molar-refractivity contribution is 0.196. The molecule has 2 aromatic rings. The maximum atomic E-state index is 8.88. The highest BCUT2D eigenvalue weighted by Crippen LogP contribution is 2.34. The fraction of sp³-hybridized carbons (Fsp3) is 0.500. The van der Waals surface area contributed by atoms with Crippen molar-refractivity contribution < 1.29 is 14.6 Å². The molecule has 6 heteroatoms. The summed E-state index contributed by atoms with van der Waals surface area (Å²) in [6, 6.07) is 6.30. The molecule has 0 amide bonds. The Hall–Kier alpha value is -1.63. The lowest BCUT2D eigenvalue weighted by atomic mass is 9.98. The largest absolute Gasteiger partial charge is 0.493 e. The zero-order chi connectivity index (χ0) is 16.9. The van der Waals surface area contributed by atoms with Crippen LogP contribution in [0.4, 0.5) is 0 Å². The SMILES string of the molecule is COc1cc(CNC2CCCc3nc(C)sc32)ccc1OCCO. The number of fused-ring (bicyclic) bond motifs is 1. The van der Waals surface area contributed by atoms with Gasteiger partial charge >= 0.3 is 0 Å². The average Bonchev–Trinajstić information content (AvgIpc) is 2.99. The van der Waals surface area contributed by atoms with Crippen LogP contribution in [0.5, 0.6) is 11.5 Å². The summed E-state index contributed by atoms with van der Waals surface area (Å²) in [6.45, 7) is 3.11. The highest BCUT2D eigenvalue weighted by atomic mass is 32.1. The maximum absolute atomic E-state index is 8.88. The Morgan fingerprint density at radius 2 is 2.25 bits per heavy atom. The molecule has 0 saturated carbocycles. The first-order chi connectivity index (χ1) is 11.7. The number of ether oxygens (including phenoxy) is 2. The van der Waals surface area contributed by atoms with Crippen LogP contribution in [-0.2, 0) is 13.0 Å². The quantitative estimate of drug-likeness (QED) is 0.805. The molecule has 0 spiro atoms. The highest BCUT2D eigenvalue weighted by Gasteiger charge is 2.23. The van der Waals surface area contributed by atoms with Crippen LogP contribution in [0.3, 0.4) is 0 Å². The summed E-state index contributed by atoms with van der Waals surface area (Å²) in [6.07, 6.45) is 3.44. The van der Waals surface area contributed by atoms with Gasteiger partial charge in [-0.1, -0.05) is 6.07 Å². The second kappa shape index (κ2) is 7.96. The van der Waals surface area contributed by atoms with Crippen molar-refractivity contribution in [3.63, 3.8) is 0 Å². The molecule has 5 nitrogen and oxygen atoms in total. The number of aromatic nitrogens is 1. The lowest BCUT2D eigenvalue weighted by Crippen LogP contribution is -2.23. The lowest BCUT2D eigenvalue weighted by Gasteiger charge is -2.22. The molecule has 1 aromatic heterocycles. The fourth-order valence-electron chi connectivity index (χ4n) is 3.07. The number of benzene rings is 1. The number of nitrogens with zero attached hydrogens (tertiary/aromatic N) is 1. The van der Waals surface area contributed by atoms with Gasteiger partial charge in [-0.05, 0) is 43.9 Å². The summed E-state index contributed by atoms with van der Waals surface area (Å²) >= 11 is 1.81. The Bertz CT molecular complexity index is 687. The molecule has 1 aliphatic rings. The van der Waals surface area contributed by atoms with Gasteiger partial charge in [0.1, 0.15) is 6.61 Å². The van der Waals surface area contributed by atoms with Crippen molar-refractivity contribution >= 4 is 11.3 Å². The number of nitrogens with one attached hydrogen (secondary N) is 1. The van der Waals surface area contributed by atoms with E-state index in [1.807, 2.05) is 29.5 Å². The fourth-order valence-corrected chi connectivity index (χ4v) is 4.16. The molecule has 1 aromatic carbocycles. The summed E-state index contributed by atoms with van der Waals surface area (Å²) < 4.78 is 10.9. The molecule has 1 unspecified atom stereocenters. The number of aryl methyl sites for hydroxylation is 2. The van der Waals surface area contributed by atoms with Crippen molar-refractivity contribution in [1.82, 2.24) is 10.3 Å². The summed E-state index contributed by atoms with van der Waals surface area (Å²) in [5, 5.41) is 13.7. The second-order valence-corrected chi connectivity index (χ2v) is 7.16. The van der Waals surface area contributed by atoms with E-state index < -0.39 is 0 Å². The van der Waals surface area contributed by atoms with Gasteiger partial charge in [-0.3, -0.25) is 0 Å². The van der Waals surface area contributed by atoms with Crippen LogP contribution in [0.15, 0.2) is 18.2 Å². The summed E-state index contributed by atoms with van der Waals surface area (Å²) in [5.74, 6) is 1.36. The molecule has 0 radical (unpaired) electrons. The Balaban J connectivity index is 1.66. The molecular formula is C18H24N2O3S. The van der Waals surface area contributed by atoms with Crippen LogP contribution in [0.1, 0.15) is 40.0 Å². The van der Waals surface area contributed by atoms with Gasteiger partial charge in [-0.25, -0.2) is 4.98 Å². The van der Waals surface area contributed by atoms with Gasteiger partial charge in [0.2, 0.25) is 0 Å².